The fourth-order valence-electron chi connectivity index (χ4n) is 3.14. The number of nitrogens with one attached hydrogen (secondary N) is 2. The molecule has 9 nitrogen and oxygen atoms in total. The summed E-state index contributed by atoms with van der Waals surface area (Å²) in [5.41, 5.74) is 0.323. The number of ether oxygens (including phenoxy) is 3. The van der Waals surface area contributed by atoms with Crippen LogP contribution >= 0.6 is 11.3 Å². The first kappa shape index (κ1) is 30.6. The van der Waals surface area contributed by atoms with Gasteiger partial charge >= 0.3 is 18.0 Å². The molecule has 0 aliphatic heterocycles. The van der Waals surface area contributed by atoms with Gasteiger partial charge < -0.3 is 24.8 Å². The Morgan fingerprint density at radius 3 is 2.40 bits per heavy atom. The van der Waals surface area contributed by atoms with Crippen LogP contribution in [-0.4, -0.2) is 54.4 Å². The quantitative estimate of drug-likeness (QED) is 0.221. The number of alkyl carbamates (subject to hydrolysis) is 1. The van der Waals surface area contributed by atoms with Crippen LogP contribution in [-0.2, 0) is 19.0 Å². The molecule has 2 N–H and O–H groups in total. The Bertz CT molecular complexity index is 864. The molecule has 0 bridgehead atoms. The van der Waals surface area contributed by atoms with Gasteiger partial charge in [-0.25, -0.2) is 19.4 Å². The van der Waals surface area contributed by atoms with Crippen molar-refractivity contribution in [1.29, 1.82) is 0 Å². The second-order valence-electron chi connectivity index (χ2n) is 9.59. The summed E-state index contributed by atoms with van der Waals surface area (Å²) in [6.07, 6.45) is 0.478. The lowest BCUT2D eigenvalue weighted by Gasteiger charge is -2.28. The molecule has 10 heteroatoms. The fraction of sp³-hybridized carbons (Fsp3) is 0.680. The van der Waals surface area contributed by atoms with Crippen LogP contribution in [0.15, 0.2) is 17.5 Å². The summed E-state index contributed by atoms with van der Waals surface area (Å²) in [4.78, 5) is 42.1. The van der Waals surface area contributed by atoms with Gasteiger partial charge in [0.25, 0.3) is 0 Å². The van der Waals surface area contributed by atoms with Crippen LogP contribution < -0.4 is 10.6 Å². The normalized spacial score (nSPS) is 14.9. The topological polar surface area (TPSA) is 116 Å². The van der Waals surface area contributed by atoms with Gasteiger partial charge in [0.1, 0.15) is 16.7 Å². The highest BCUT2D eigenvalue weighted by atomic mass is 32.1. The molecule has 0 aliphatic carbocycles. The molecule has 35 heavy (non-hydrogen) atoms. The highest BCUT2D eigenvalue weighted by molar-refractivity contribution is 7.09. The van der Waals surface area contributed by atoms with E-state index < -0.39 is 35.8 Å². The van der Waals surface area contributed by atoms with Crippen LogP contribution in [0.4, 0.5) is 4.79 Å². The Morgan fingerprint density at radius 2 is 1.89 bits per heavy atom. The summed E-state index contributed by atoms with van der Waals surface area (Å²) in [5, 5.41) is 8.11. The van der Waals surface area contributed by atoms with Gasteiger partial charge in [-0.2, -0.15) is 0 Å². The van der Waals surface area contributed by atoms with Gasteiger partial charge in [-0.1, -0.05) is 39.3 Å². The number of carbonyl (C=O) groups excluding carboxylic acids is 3. The number of methoxy groups -OCH3 is 1. The van der Waals surface area contributed by atoms with Crippen molar-refractivity contribution in [2.24, 2.45) is 5.92 Å². The predicted molar refractivity (Wildman–Crippen MR) is 136 cm³/mol. The number of nitrogens with zero attached hydrogens (tertiary/aromatic N) is 1. The van der Waals surface area contributed by atoms with Crippen molar-refractivity contribution in [3.63, 3.8) is 0 Å². The lowest BCUT2D eigenvalue weighted by Crippen LogP contribution is -2.48. The minimum Gasteiger partial charge on any atom is -0.464 e. The van der Waals surface area contributed by atoms with E-state index in [1.807, 2.05) is 20.8 Å². The minimum absolute atomic E-state index is 0.140. The number of hydrogen-bond donors (Lipinski definition) is 2. The Morgan fingerprint density at radius 1 is 1.23 bits per heavy atom. The SMILES string of the molecule is C=C(C)[C@@H](C[C@@H](OC(=O)[C@@H](NC(=O)OC(C)(C)C)[C@@H](C)CC)c1nc(C(=O)OC)cs1)NCCC. The molecule has 0 unspecified atom stereocenters. The molecule has 0 aliphatic rings. The van der Waals surface area contributed by atoms with Crippen LogP contribution in [0.5, 0.6) is 0 Å². The number of thiazole rings is 1. The van der Waals surface area contributed by atoms with E-state index in [2.05, 4.69) is 29.1 Å². The van der Waals surface area contributed by atoms with Gasteiger partial charge in [-0.3, -0.25) is 0 Å². The number of aromatic nitrogens is 1. The van der Waals surface area contributed by atoms with Gasteiger partial charge in [0.05, 0.1) is 7.11 Å². The fourth-order valence-corrected chi connectivity index (χ4v) is 3.97. The number of hydrogen-bond acceptors (Lipinski definition) is 9. The molecule has 1 amide bonds. The van der Waals surface area contributed by atoms with Crippen molar-refractivity contribution in [2.45, 2.75) is 91.5 Å². The molecule has 1 aromatic rings. The second kappa shape index (κ2) is 14.2. The third kappa shape index (κ3) is 10.4. The van der Waals surface area contributed by atoms with Gasteiger partial charge in [-0.05, 0) is 46.6 Å². The standard InChI is InChI=1S/C25H41N3O6S/c1-10-12-26-17(15(3)4)13-19(21-27-18(14-35-21)22(29)32-9)33-23(30)20(16(5)11-2)28-24(31)34-25(6,7)8/h14,16-17,19-20,26H,3,10-13H2,1-2,4-9H3,(H,28,31)/t16-,17+,19+,20-/m0/s1. The molecule has 0 aromatic carbocycles. The van der Waals surface area contributed by atoms with Crippen molar-refractivity contribution in [3.8, 4) is 0 Å². The zero-order valence-electron chi connectivity index (χ0n) is 22.2. The predicted octanol–water partition coefficient (Wildman–Crippen LogP) is 4.79. The minimum atomic E-state index is -0.913. The third-order valence-electron chi connectivity index (χ3n) is 5.27. The number of amides is 1. The summed E-state index contributed by atoms with van der Waals surface area (Å²) in [6.45, 7) is 17.8. The Balaban J connectivity index is 3.22. The number of esters is 2. The first-order chi connectivity index (χ1) is 16.3. The molecule has 0 radical (unpaired) electrons. The van der Waals surface area contributed by atoms with Crippen molar-refractivity contribution in [3.05, 3.63) is 28.2 Å². The first-order valence-corrected chi connectivity index (χ1v) is 12.8. The summed E-state index contributed by atoms with van der Waals surface area (Å²) in [5.74, 6) is -1.36. The van der Waals surface area contributed by atoms with Gasteiger partial charge in [0.15, 0.2) is 11.8 Å². The van der Waals surface area contributed by atoms with Gasteiger partial charge in [-0.15, -0.1) is 11.3 Å². The summed E-state index contributed by atoms with van der Waals surface area (Å²) in [6, 6.07) is -1.05. The Kier molecular flexibility index (Phi) is 12.4. The maximum atomic E-state index is 13.3. The Hall–Kier alpha value is -2.46. The van der Waals surface area contributed by atoms with Crippen molar-refractivity contribution < 1.29 is 28.6 Å². The third-order valence-corrected chi connectivity index (χ3v) is 6.21. The zero-order valence-corrected chi connectivity index (χ0v) is 23.0. The van der Waals surface area contributed by atoms with E-state index in [1.165, 1.54) is 18.4 Å². The lowest BCUT2D eigenvalue weighted by molar-refractivity contribution is -0.154. The van der Waals surface area contributed by atoms with Gasteiger partial charge in [0.2, 0.25) is 0 Å². The number of carbonyl (C=O) groups is 3. The molecule has 198 valence electrons. The summed E-state index contributed by atoms with van der Waals surface area (Å²) in [7, 11) is 1.28. The molecule has 0 saturated heterocycles. The maximum absolute atomic E-state index is 13.3. The van der Waals surface area contributed by atoms with E-state index in [4.69, 9.17) is 14.2 Å². The van der Waals surface area contributed by atoms with Crippen LogP contribution in [0.2, 0.25) is 0 Å². The van der Waals surface area contributed by atoms with E-state index in [0.717, 1.165) is 18.5 Å². The highest BCUT2D eigenvalue weighted by Gasteiger charge is 2.33. The average molecular weight is 512 g/mol. The monoisotopic (exact) mass is 511 g/mol. The molecule has 4 atom stereocenters. The largest absolute Gasteiger partial charge is 0.464 e. The molecule has 1 rings (SSSR count). The molecule has 1 aromatic heterocycles. The van der Waals surface area contributed by atoms with Gasteiger partial charge in [0, 0.05) is 17.8 Å². The van der Waals surface area contributed by atoms with Crippen molar-refractivity contribution in [2.75, 3.05) is 13.7 Å². The van der Waals surface area contributed by atoms with Crippen molar-refractivity contribution in [1.82, 2.24) is 15.6 Å². The molecule has 0 fully saturated rings. The molecular weight excluding hydrogens is 470 g/mol. The first-order valence-electron chi connectivity index (χ1n) is 11.9. The van der Waals surface area contributed by atoms with E-state index in [1.54, 1.807) is 26.2 Å². The van der Waals surface area contributed by atoms with Crippen LogP contribution in [0.25, 0.3) is 0 Å². The Labute approximate surface area is 213 Å². The van der Waals surface area contributed by atoms with Crippen LogP contribution in [0.1, 0.15) is 89.3 Å². The van der Waals surface area contributed by atoms with Crippen LogP contribution in [0.3, 0.4) is 0 Å². The van der Waals surface area contributed by atoms with Crippen LogP contribution in [0, 0.1) is 5.92 Å². The number of rotatable bonds is 13. The molecule has 0 saturated carbocycles. The van der Waals surface area contributed by atoms with E-state index >= 15 is 0 Å². The lowest BCUT2D eigenvalue weighted by atomic mass is 9.99. The molecule has 1 heterocycles. The highest BCUT2D eigenvalue weighted by Crippen LogP contribution is 2.29. The summed E-state index contributed by atoms with van der Waals surface area (Å²) >= 11 is 1.21. The van der Waals surface area contributed by atoms with E-state index in [0.29, 0.717) is 17.8 Å². The smallest absolute Gasteiger partial charge is 0.408 e. The maximum Gasteiger partial charge on any atom is 0.408 e. The second-order valence-corrected chi connectivity index (χ2v) is 10.5. The van der Waals surface area contributed by atoms with E-state index in [9.17, 15) is 14.4 Å². The summed E-state index contributed by atoms with van der Waals surface area (Å²) < 4.78 is 16.0. The molecular formula is C25H41N3O6S. The van der Waals surface area contributed by atoms with E-state index in [-0.39, 0.29) is 17.7 Å². The molecule has 0 spiro atoms. The zero-order chi connectivity index (χ0) is 26.8. The van der Waals surface area contributed by atoms with Crippen molar-refractivity contribution >= 4 is 29.4 Å². The average Bonchev–Trinajstić information content (AvgIpc) is 3.27.